The van der Waals surface area contributed by atoms with Gasteiger partial charge >= 0.3 is 0 Å². The van der Waals surface area contributed by atoms with Crippen LogP contribution in [0, 0.1) is 0 Å². The summed E-state index contributed by atoms with van der Waals surface area (Å²) in [5, 5.41) is 4.73. The lowest BCUT2D eigenvalue weighted by Gasteiger charge is -2.04. The maximum Gasteiger partial charge on any atom is 0.213 e. The van der Waals surface area contributed by atoms with Crippen LogP contribution in [-0.2, 0) is 16.6 Å². The van der Waals surface area contributed by atoms with Crippen molar-refractivity contribution in [3.05, 3.63) is 20.8 Å². The van der Waals surface area contributed by atoms with E-state index in [9.17, 15) is 8.42 Å². The van der Waals surface area contributed by atoms with Crippen molar-refractivity contribution < 1.29 is 8.42 Å². The maximum absolute atomic E-state index is 11.4. The van der Waals surface area contributed by atoms with Gasteiger partial charge in [0.1, 0.15) is 0 Å². The summed E-state index contributed by atoms with van der Waals surface area (Å²) >= 11 is 4.84. The molecule has 0 atom stereocenters. The molecule has 1 heterocycles. The Morgan fingerprint density at radius 1 is 1.53 bits per heavy atom. The molecule has 0 aliphatic rings. The van der Waals surface area contributed by atoms with Crippen molar-refractivity contribution in [2.24, 2.45) is 0 Å². The molecule has 0 saturated carbocycles. The molecule has 0 aliphatic carbocycles. The van der Waals surface area contributed by atoms with Gasteiger partial charge in [-0.15, -0.1) is 11.3 Å². The first-order chi connectivity index (χ1) is 7.03. The Kier molecular flexibility index (Phi) is 5.20. The van der Waals surface area contributed by atoms with Crippen molar-refractivity contribution in [2.75, 3.05) is 19.3 Å². The number of nitrogens with one attached hydrogen (secondary N) is 2. The third-order valence-corrected chi connectivity index (χ3v) is 4.73. The first-order valence-electron chi connectivity index (χ1n) is 4.38. The molecule has 0 aromatic carbocycles. The highest BCUT2D eigenvalue weighted by atomic mass is 79.9. The van der Waals surface area contributed by atoms with E-state index in [1.165, 1.54) is 11.3 Å². The second-order valence-electron chi connectivity index (χ2n) is 2.97. The predicted molar refractivity (Wildman–Crippen MR) is 66.6 cm³/mol. The van der Waals surface area contributed by atoms with E-state index >= 15 is 0 Å². The number of sulfonamides is 1. The topological polar surface area (TPSA) is 58.2 Å². The van der Waals surface area contributed by atoms with Crippen LogP contribution in [0.3, 0.4) is 0 Å². The standard InChI is InChI=1S/C8H13BrN2O2S2/c1-10-2-3-15(12,13)11-5-8-4-7(9)6-14-8/h4,6,10-11H,2-3,5H2,1H3. The lowest BCUT2D eigenvalue weighted by atomic mass is 10.5. The van der Waals surface area contributed by atoms with Gasteiger partial charge in [0.15, 0.2) is 0 Å². The summed E-state index contributed by atoms with van der Waals surface area (Å²) in [5.74, 6) is 0.107. The first-order valence-corrected chi connectivity index (χ1v) is 7.71. The Labute approximate surface area is 102 Å². The van der Waals surface area contributed by atoms with Crippen LogP contribution in [0.2, 0.25) is 0 Å². The number of thiophene rings is 1. The molecule has 2 N–H and O–H groups in total. The average molecular weight is 313 g/mol. The van der Waals surface area contributed by atoms with Crippen molar-refractivity contribution in [1.29, 1.82) is 0 Å². The zero-order chi connectivity index (χ0) is 11.3. The summed E-state index contributed by atoms with van der Waals surface area (Å²) in [6.07, 6.45) is 0. The molecule has 0 saturated heterocycles. The van der Waals surface area contributed by atoms with Gasteiger partial charge in [0, 0.05) is 27.8 Å². The minimum atomic E-state index is -3.15. The normalized spacial score (nSPS) is 11.9. The van der Waals surface area contributed by atoms with Crippen LogP contribution in [0.25, 0.3) is 0 Å². The molecule has 7 heteroatoms. The van der Waals surface area contributed by atoms with Crippen molar-refractivity contribution in [3.63, 3.8) is 0 Å². The zero-order valence-electron chi connectivity index (χ0n) is 8.29. The summed E-state index contributed by atoms with van der Waals surface area (Å²) in [4.78, 5) is 0.995. The molecule has 0 spiro atoms. The Morgan fingerprint density at radius 2 is 2.27 bits per heavy atom. The molecule has 4 nitrogen and oxygen atoms in total. The highest BCUT2D eigenvalue weighted by Crippen LogP contribution is 2.19. The van der Waals surface area contributed by atoms with Gasteiger partial charge in [-0.2, -0.15) is 0 Å². The van der Waals surface area contributed by atoms with Gasteiger partial charge < -0.3 is 5.32 Å². The lowest BCUT2D eigenvalue weighted by Crippen LogP contribution is -2.30. The molecule has 0 fully saturated rings. The van der Waals surface area contributed by atoms with Crippen molar-refractivity contribution in [2.45, 2.75) is 6.54 Å². The minimum Gasteiger partial charge on any atom is -0.319 e. The van der Waals surface area contributed by atoms with Gasteiger partial charge in [0.2, 0.25) is 10.0 Å². The number of halogens is 1. The third kappa shape index (κ3) is 5.07. The molecule has 1 aromatic heterocycles. The van der Waals surface area contributed by atoms with Gasteiger partial charge in [-0.25, -0.2) is 13.1 Å². The Bertz CT molecular complexity index is 403. The van der Waals surface area contributed by atoms with E-state index in [1.54, 1.807) is 7.05 Å². The van der Waals surface area contributed by atoms with Crippen LogP contribution >= 0.6 is 27.3 Å². The molecule has 0 bridgehead atoms. The largest absolute Gasteiger partial charge is 0.319 e. The molecule has 0 radical (unpaired) electrons. The van der Waals surface area contributed by atoms with Gasteiger partial charge in [0.05, 0.1) is 5.75 Å². The summed E-state index contributed by atoms with van der Waals surface area (Å²) in [6.45, 7) is 0.825. The van der Waals surface area contributed by atoms with E-state index in [4.69, 9.17) is 0 Å². The first kappa shape index (κ1) is 13.1. The molecular weight excluding hydrogens is 300 g/mol. The fraction of sp³-hybridized carbons (Fsp3) is 0.500. The quantitative estimate of drug-likeness (QED) is 0.828. The monoisotopic (exact) mass is 312 g/mol. The Morgan fingerprint density at radius 3 is 2.80 bits per heavy atom. The summed E-state index contributed by atoms with van der Waals surface area (Å²) in [7, 11) is -1.43. The molecule has 15 heavy (non-hydrogen) atoms. The minimum absolute atomic E-state index is 0.107. The lowest BCUT2D eigenvalue weighted by molar-refractivity contribution is 0.579. The van der Waals surface area contributed by atoms with Crippen LogP contribution < -0.4 is 10.0 Å². The van der Waals surface area contributed by atoms with E-state index in [1.807, 2.05) is 11.4 Å². The van der Waals surface area contributed by atoms with E-state index in [0.29, 0.717) is 13.1 Å². The van der Waals surface area contributed by atoms with Gasteiger partial charge in [-0.1, -0.05) is 0 Å². The number of rotatable bonds is 6. The molecule has 86 valence electrons. The average Bonchev–Trinajstić information content (AvgIpc) is 2.59. The smallest absolute Gasteiger partial charge is 0.213 e. The van der Waals surface area contributed by atoms with Crippen LogP contribution in [0.5, 0.6) is 0 Å². The SMILES string of the molecule is CNCCS(=O)(=O)NCc1cc(Br)cs1. The third-order valence-electron chi connectivity index (χ3n) is 1.71. The fourth-order valence-electron chi connectivity index (χ4n) is 0.936. The molecule has 1 rings (SSSR count). The number of hydrogen-bond donors (Lipinski definition) is 2. The molecule has 0 amide bonds. The van der Waals surface area contributed by atoms with Gasteiger partial charge in [-0.3, -0.25) is 0 Å². The van der Waals surface area contributed by atoms with Crippen molar-refractivity contribution in [1.82, 2.24) is 10.0 Å². The van der Waals surface area contributed by atoms with E-state index in [0.717, 1.165) is 9.35 Å². The summed E-state index contributed by atoms with van der Waals surface area (Å²) in [5.41, 5.74) is 0. The van der Waals surface area contributed by atoms with Gasteiger partial charge in [0.25, 0.3) is 0 Å². The molecular formula is C8H13BrN2O2S2. The van der Waals surface area contributed by atoms with Gasteiger partial charge in [-0.05, 0) is 29.0 Å². The van der Waals surface area contributed by atoms with E-state index in [2.05, 4.69) is 26.0 Å². The highest BCUT2D eigenvalue weighted by molar-refractivity contribution is 9.10. The molecule has 1 aromatic rings. The number of hydrogen-bond acceptors (Lipinski definition) is 4. The maximum atomic E-state index is 11.4. The highest BCUT2D eigenvalue weighted by Gasteiger charge is 2.09. The summed E-state index contributed by atoms with van der Waals surface area (Å²) < 4.78 is 26.4. The summed E-state index contributed by atoms with van der Waals surface area (Å²) in [6, 6.07) is 1.91. The van der Waals surface area contributed by atoms with Crippen molar-refractivity contribution >= 4 is 37.3 Å². The predicted octanol–water partition coefficient (Wildman–Crippen LogP) is 1.15. The zero-order valence-corrected chi connectivity index (χ0v) is 11.5. The van der Waals surface area contributed by atoms with Crippen LogP contribution in [-0.4, -0.2) is 27.8 Å². The Hall–Kier alpha value is 0.0500. The molecule has 0 aliphatic heterocycles. The Balaban J connectivity index is 2.42. The van der Waals surface area contributed by atoms with E-state index < -0.39 is 10.0 Å². The van der Waals surface area contributed by atoms with Crippen LogP contribution in [0.4, 0.5) is 0 Å². The second-order valence-corrected chi connectivity index (χ2v) is 6.81. The molecule has 0 unspecified atom stereocenters. The fourth-order valence-corrected chi connectivity index (χ4v) is 3.41. The van der Waals surface area contributed by atoms with Crippen LogP contribution in [0.15, 0.2) is 15.9 Å². The van der Waals surface area contributed by atoms with E-state index in [-0.39, 0.29) is 5.75 Å². The van der Waals surface area contributed by atoms with Crippen LogP contribution in [0.1, 0.15) is 4.88 Å². The van der Waals surface area contributed by atoms with Crippen molar-refractivity contribution in [3.8, 4) is 0 Å². The second kappa shape index (κ2) is 5.95.